The molecule has 8 heteroatoms. The van der Waals surface area contributed by atoms with E-state index in [9.17, 15) is 15.3 Å². The smallest absolute Gasteiger partial charge is 0.229 e. The zero-order valence-electron chi connectivity index (χ0n) is 11.4. The van der Waals surface area contributed by atoms with Crippen LogP contribution in [-0.2, 0) is 4.74 Å². The molecule has 1 aromatic carbocycles. The van der Waals surface area contributed by atoms with Crippen LogP contribution in [0.2, 0.25) is 5.02 Å². The Kier molecular flexibility index (Phi) is 4.26. The second kappa shape index (κ2) is 6.04. The number of fused-ring (bicyclic) bond motifs is 1. The van der Waals surface area contributed by atoms with E-state index in [4.69, 9.17) is 26.2 Å². The van der Waals surface area contributed by atoms with Crippen molar-refractivity contribution < 1.29 is 29.9 Å². The Balaban J connectivity index is 1.84. The quantitative estimate of drug-likeness (QED) is 0.541. The molecule has 0 aliphatic carbocycles. The van der Waals surface area contributed by atoms with Crippen LogP contribution in [0.5, 0.6) is 5.75 Å². The van der Waals surface area contributed by atoms with Gasteiger partial charge in [-0.15, -0.1) is 0 Å². The number of ether oxygens (including phenoxy) is 2. The van der Waals surface area contributed by atoms with Gasteiger partial charge in [-0.2, -0.15) is 0 Å². The second-order valence-corrected chi connectivity index (χ2v) is 5.59. The van der Waals surface area contributed by atoms with Gasteiger partial charge < -0.3 is 34.9 Å². The molecule has 7 nitrogen and oxygen atoms in total. The van der Waals surface area contributed by atoms with Crippen LogP contribution in [0.15, 0.2) is 24.4 Å². The van der Waals surface area contributed by atoms with Gasteiger partial charge in [0.2, 0.25) is 6.29 Å². The number of aliphatic hydroxyl groups excluding tert-OH is 4. The highest BCUT2D eigenvalue weighted by Crippen LogP contribution is 2.31. The van der Waals surface area contributed by atoms with E-state index in [0.29, 0.717) is 10.8 Å². The molecule has 1 aliphatic heterocycles. The summed E-state index contributed by atoms with van der Waals surface area (Å²) in [7, 11) is 0. The molecule has 2 heterocycles. The fourth-order valence-corrected chi connectivity index (χ4v) is 2.63. The van der Waals surface area contributed by atoms with E-state index in [-0.39, 0.29) is 0 Å². The van der Waals surface area contributed by atoms with Crippen LogP contribution in [0, 0.1) is 0 Å². The predicted molar refractivity (Wildman–Crippen MR) is 77.7 cm³/mol. The van der Waals surface area contributed by atoms with Gasteiger partial charge in [-0.1, -0.05) is 11.6 Å². The Morgan fingerprint density at radius 1 is 1.18 bits per heavy atom. The van der Waals surface area contributed by atoms with Crippen LogP contribution in [0.1, 0.15) is 0 Å². The van der Waals surface area contributed by atoms with Gasteiger partial charge in [0.25, 0.3) is 0 Å². The molecule has 0 saturated carbocycles. The molecule has 1 fully saturated rings. The molecule has 1 aliphatic rings. The van der Waals surface area contributed by atoms with Crippen molar-refractivity contribution in [1.82, 2.24) is 4.98 Å². The molecule has 5 N–H and O–H groups in total. The van der Waals surface area contributed by atoms with Crippen LogP contribution in [-0.4, -0.2) is 62.7 Å². The normalized spacial score (nSPS) is 32.3. The summed E-state index contributed by atoms with van der Waals surface area (Å²) in [6.45, 7) is -0.506. The van der Waals surface area contributed by atoms with Gasteiger partial charge in [0.05, 0.1) is 12.1 Å². The molecule has 0 amide bonds. The van der Waals surface area contributed by atoms with Gasteiger partial charge in [0, 0.05) is 16.6 Å². The van der Waals surface area contributed by atoms with Crippen LogP contribution >= 0.6 is 11.6 Å². The Hall–Kier alpha value is -1.35. The summed E-state index contributed by atoms with van der Waals surface area (Å²) < 4.78 is 10.9. The first-order valence-corrected chi connectivity index (χ1v) is 7.13. The Labute approximate surface area is 130 Å². The number of aliphatic hydroxyl groups is 4. The lowest BCUT2D eigenvalue weighted by molar-refractivity contribution is -0.277. The number of aromatic amines is 1. The molecular formula is C14H16ClNO6. The van der Waals surface area contributed by atoms with E-state index >= 15 is 0 Å². The monoisotopic (exact) mass is 329 g/mol. The first kappa shape index (κ1) is 15.5. The molecule has 0 spiro atoms. The Bertz CT molecular complexity index is 660. The SMILES string of the molecule is OCC1OC(Oc2c[nH]c3cc(Cl)ccc23)C(O)C(O)C1O. The van der Waals surface area contributed by atoms with Crippen molar-refractivity contribution >= 4 is 22.5 Å². The summed E-state index contributed by atoms with van der Waals surface area (Å²) in [4.78, 5) is 2.97. The number of halogens is 1. The molecule has 0 bridgehead atoms. The van der Waals surface area contributed by atoms with E-state index < -0.39 is 37.3 Å². The molecule has 5 atom stereocenters. The average molecular weight is 330 g/mol. The molecule has 2 aromatic rings. The van der Waals surface area contributed by atoms with Crippen molar-refractivity contribution in [2.24, 2.45) is 0 Å². The summed E-state index contributed by atoms with van der Waals surface area (Å²) in [5.41, 5.74) is 0.743. The predicted octanol–water partition coefficient (Wildman–Crippen LogP) is -0.000000000000000278. The van der Waals surface area contributed by atoms with Gasteiger partial charge in [-0.3, -0.25) is 0 Å². The minimum Gasteiger partial charge on any atom is -0.460 e. The van der Waals surface area contributed by atoms with Crippen molar-refractivity contribution in [2.75, 3.05) is 6.61 Å². The summed E-state index contributed by atoms with van der Waals surface area (Å²) in [6, 6.07) is 5.16. The van der Waals surface area contributed by atoms with Gasteiger partial charge in [0.15, 0.2) is 0 Å². The molecule has 5 unspecified atom stereocenters. The van der Waals surface area contributed by atoms with Crippen LogP contribution < -0.4 is 4.74 Å². The van der Waals surface area contributed by atoms with Crippen molar-refractivity contribution in [3.63, 3.8) is 0 Å². The van der Waals surface area contributed by atoms with Crippen molar-refractivity contribution in [1.29, 1.82) is 0 Å². The van der Waals surface area contributed by atoms with Gasteiger partial charge in [0.1, 0.15) is 30.2 Å². The molecule has 120 valence electrons. The number of rotatable bonds is 3. The molecular weight excluding hydrogens is 314 g/mol. The lowest BCUT2D eigenvalue weighted by Crippen LogP contribution is -2.60. The zero-order valence-corrected chi connectivity index (χ0v) is 12.1. The molecule has 3 rings (SSSR count). The lowest BCUT2D eigenvalue weighted by Gasteiger charge is -2.39. The zero-order chi connectivity index (χ0) is 15.9. The highest BCUT2D eigenvalue weighted by atomic mass is 35.5. The third kappa shape index (κ3) is 2.67. The summed E-state index contributed by atoms with van der Waals surface area (Å²) >= 11 is 5.90. The topological polar surface area (TPSA) is 115 Å². The van der Waals surface area contributed by atoms with Crippen molar-refractivity contribution in [2.45, 2.75) is 30.7 Å². The molecule has 0 radical (unpaired) electrons. The van der Waals surface area contributed by atoms with E-state index in [1.54, 1.807) is 24.4 Å². The maximum absolute atomic E-state index is 9.96. The van der Waals surface area contributed by atoms with E-state index in [2.05, 4.69) is 4.98 Å². The molecule has 1 saturated heterocycles. The molecule has 22 heavy (non-hydrogen) atoms. The van der Waals surface area contributed by atoms with Crippen molar-refractivity contribution in [3.8, 4) is 5.75 Å². The highest BCUT2D eigenvalue weighted by Gasteiger charge is 2.44. The first-order valence-electron chi connectivity index (χ1n) is 6.75. The molecule has 1 aromatic heterocycles. The Morgan fingerprint density at radius 3 is 2.68 bits per heavy atom. The van der Waals surface area contributed by atoms with Gasteiger partial charge >= 0.3 is 0 Å². The van der Waals surface area contributed by atoms with Crippen LogP contribution in [0.25, 0.3) is 10.9 Å². The number of hydrogen-bond donors (Lipinski definition) is 5. The number of H-pyrrole nitrogens is 1. The first-order chi connectivity index (χ1) is 10.5. The maximum atomic E-state index is 9.96. The highest BCUT2D eigenvalue weighted by molar-refractivity contribution is 6.31. The Morgan fingerprint density at radius 2 is 1.95 bits per heavy atom. The average Bonchev–Trinajstić information content (AvgIpc) is 2.90. The summed E-state index contributed by atoms with van der Waals surface area (Å²) in [5, 5.41) is 39.9. The second-order valence-electron chi connectivity index (χ2n) is 5.16. The fraction of sp³-hybridized carbons (Fsp3) is 0.429. The van der Waals surface area contributed by atoms with Gasteiger partial charge in [-0.25, -0.2) is 0 Å². The standard InChI is InChI=1S/C14H16ClNO6/c15-6-1-2-7-8(3-6)16-4-9(7)21-14-13(20)12(19)11(18)10(5-17)22-14/h1-4,10-14,16-20H,5H2. The number of hydrogen-bond acceptors (Lipinski definition) is 6. The van der Waals surface area contributed by atoms with E-state index in [1.165, 1.54) is 0 Å². The van der Waals surface area contributed by atoms with E-state index in [1.807, 2.05) is 0 Å². The lowest BCUT2D eigenvalue weighted by atomic mass is 9.99. The van der Waals surface area contributed by atoms with Crippen LogP contribution in [0.3, 0.4) is 0 Å². The summed E-state index contributed by atoms with van der Waals surface area (Å²) in [6.07, 6.45) is -5.00. The van der Waals surface area contributed by atoms with Gasteiger partial charge in [-0.05, 0) is 18.2 Å². The minimum absolute atomic E-state index is 0.399. The number of nitrogens with one attached hydrogen (secondary N) is 1. The maximum Gasteiger partial charge on any atom is 0.229 e. The third-order valence-electron chi connectivity index (χ3n) is 3.70. The summed E-state index contributed by atoms with van der Waals surface area (Å²) in [5.74, 6) is 0.399. The number of benzene rings is 1. The fourth-order valence-electron chi connectivity index (χ4n) is 2.46. The van der Waals surface area contributed by atoms with Crippen LogP contribution in [0.4, 0.5) is 0 Å². The number of aromatic nitrogens is 1. The largest absolute Gasteiger partial charge is 0.460 e. The minimum atomic E-state index is -1.48. The van der Waals surface area contributed by atoms with E-state index in [0.717, 1.165) is 10.9 Å². The third-order valence-corrected chi connectivity index (χ3v) is 3.93. The van der Waals surface area contributed by atoms with Crippen molar-refractivity contribution in [3.05, 3.63) is 29.4 Å².